The molecule has 116 valence electrons. The van der Waals surface area contributed by atoms with Gasteiger partial charge in [0.25, 0.3) is 0 Å². The maximum Gasteiger partial charge on any atom is 0.308 e. The summed E-state index contributed by atoms with van der Waals surface area (Å²) in [4.78, 5) is 23.5. The molecular formula is C15H23N3O3. The zero-order valence-electron chi connectivity index (χ0n) is 12.8. The van der Waals surface area contributed by atoms with Gasteiger partial charge in [0.15, 0.2) is 0 Å². The fourth-order valence-corrected chi connectivity index (χ4v) is 3.09. The number of aliphatic carboxylic acids is 1. The lowest BCUT2D eigenvalue weighted by Gasteiger charge is -2.29. The van der Waals surface area contributed by atoms with Gasteiger partial charge in [-0.05, 0) is 26.7 Å². The number of nitrogens with one attached hydrogen (secondary N) is 1. The molecule has 6 heteroatoms. The Morgan fingerprint density at radius 2 is 2.00 bits per heavy atom. The van der Waals surface area contributed by atoms with Crippen molar-refractivity contribution in [2.45, 2.75) is 52.0 Å². The Labute approximate surface area is 124 Å². The van der Waals surface area contributed by atoms with Crippen molar-refractivity contribution in [1.29, 1.82) is 0 Å². The number of aromatic nitrogens is 2. The van der Waals surface area contributed by atoms with E-state index in [2.05, 4.69) is 10.4 Å². The highest BCUT2D eigenvalue weighted by Crippen LogP contribution is 2.25. The van der Waals surface area contributed by atoms with E-state index >= 15 is 0 Å². The van der Waals surface area contributed by atoms with E-state index in [4.69, 9.17) is 0 Å². The molecule has 0 bridgehead atoms. The van der Waals surface area contributed by atoms with Gasteiger partial charge in [0.05, 0.1) is 18.0 Å². The van der Waals surface area contributed by atoms with Crippen molar-refractivity contribution in [3.8, 4) is 0 Å². The molecule has 1 aliphatic rings. The summed E-state index contributed by atoms with van der Waals surface area (Å²) >= 11 is 0. The Bertz CT molecular complexity index is 551. The summed E-state index contributed by atoms with van der Waals surface area (Å²) in [7, 11) is 1.85. The Balaban J connectivity index is 2.02. The third-order valence-corrected chi connectivity index (χ3v) is 4.43. The van der Waals surface area contributed by atoms with Crippen LogP contribution in [0.25, 0.3) is 0 Å². The molecule has 1 heterocycles. The second-order valence-electron chi connectivity index (χ2n) is 5.85. The van der Waals surface area contributed by atoms with Crippen molar-refractivity contribution in [3.05, 3.63) is 17.0 Å². The van der Waals surface area contributed by atoms with Crippen LogP contribution in [0, 0.1) is 19.8 Å². The number of amides is 1. The molecule has 0 aliphatic heterocycles. The fraction of sp³-hybridized carbons (Fsp3) is 0.667. The first-order valence-corrected chi connectivity index (χ1v) is 7.41. The Morgan fingerprint density at radius 3 is 2.57 bits per heavy atom. The zero-order valence-corrected chi connectivity index (χ0v) is 12.8. The topological polar surface area (TPSA) is 84.2 Å². The Morgan fingerprint density at radius 1 is 1.33 bits per heavy atom. The van der Waals surface area contributed by atoms with Gasteiger partial charge in [-0.2, -0.15) is 5.10 Å². The largest absolute Gasteiger partial charge is 0.481 e. The molecule has 0 aromatic carbocycles. The summed E-state index contributed by atoms with van der Waals surface area (Å²) in [6.45, 7) is 3.82. The third-order valence-electron chi connectivity index (χ3n) is 4.43. The van der Waals surface area contributed by atoms with Gasteiger partial charge in [0.2, 0.25) is 5.91 Å². The number of hydrogen-bond donors (Lipinski definition) is 2. The van der Waals surface area contributed by atoms with E-state index < -0.39 is 11.9 Å². The molecule has 1 aliphatic carbocycles. The smallest absolute Gasteiger partial charge is 0.308 e. The molecule has 2 rings (SSSR count). The first-order valence-electron chi connectivity index (χ1n) is 7.41. The summed E-state index contributed by atoms with van der Waals surface area (Å²) in [5.41, 5.74) is 2.75. The summed E-state index contributed by atoms with van der Waals surface area (Å²) in [5, 5.41) is 16.4. The van der Waals surface area contributed by atoms with Crippen molar-refractivity contribution < 1.29 is 14.7 Å². The van der Waals surface area contributed by atoms with Crippen LogP contribution < -0.4 is 5.32 Å². The van der Waals surface area contributed by atoms with E-state index in [1.807, 2.05) is 20.9 Å². The lowest BCUT2D eigenvalue weighted by Crippen LogP contribution is -2.45. The average molecular weight is 293 g/mol. The third kappa shape index (κ3) is 3.43. The van der Waals surface area contributed by atoms with Crippen LogP contribution in [0.1, 0.15) is 42.6 Å². The van der Waals surface area contributed by atoms with Gasteiger partial charge >= 0.3 is 5.97 Å². The van der Waals surface area contributed by atoms with Crippen molar-refractivity contribution in [2.24, 2.45) is 13.0 Å². The molecule has 1 fully saturated rings. The van der Waals surface area contributed by atoms with Crippen molar-refractivity contribution in [1.82, 2.24) is 15.1 Å². The minimum Gasteiger partial charge on any atom is -0.481 e. The van der Waals surface area contributed by atoms with Crippen LogP contribution in [0.2, 0.25) is 0 Å². The number of carbonyl (C=O) groups is 2. The predicted molar refractivity (Wildman–Crippen MR) is 77.9 cm³/mol. The first-order chi connectivity index (χ1) is 9.90. The van der Waals surface area contributed by atoms with Crippen LogP contribution in [0.3, 0.4) is 0 Å². The number of carbonyl (C=O) groups excluding carboxylic acids is 1. The van der Waals surface area contributed by atoms with Crippen LogP contribution >= 0.6 is 0 Å². The molecule has 2 N–H and O–H groups in total. The molecule has 0 radical (unpaired) electrons. The molecule has 1 amide bonds. The van der Waals surface area contributed by atoms with Gasteiger partial charge in [-0.25, -0.2) is 0 Å². The number of hydrogen-bond acceptors (Lipinski definition) is 3. The fourth-order valence-electron chi connectivity index (χ4n) is 3.09. The quantitative estimate of drug-likeness (QED) is 0.877. The number of nitrogens with zero attached hydrogens (tertiary/aromatic N) is 2. The standard InChI is InChI=1S/C15H23N3O3/c1-9-12(10(2)18(3)17-9)8-14(19)16-13-7-5-4-6-11(13)15(20)21/h11,13H,4-8H2,1-3H3,(H,16,19)(H,20,21). The van der Waals surface area contributed by atoms with E-state index in [0.717, 1.165) is 36.2 Å². The monoisotopic (exact) mass is 293 g/mol. The van der Waals surface area contributed by atoms with Crippen LogP contribution in [0.4, 0.5) is 0 Å². The van der Waals surface area contributed by atoms with Gasteiger partial charge in [0.1, 0.15) is 0 Å². The van der Waals surface area contributed by atoms with Gasteiger partial charge in [-0.3, -0.25) is 14.3 Å². The molecular weight excluding hydrogens is 270 g/mol. The minimum absolute atomic E-state index is 0.118. The summed E-state index contributed by atoms with van der Waals surface area (Å²) in [5.74, 6) is -1.39. The second kappa shape index (κ2) is 6.28. The maximum atomic E-state index is 12.2. The first kappa shape index (κ1) is 15.5. The zero-order chi connectivity index (χ0) is 15.6. The van der Waals surface area contributed by atoms with E-state index in [1.165, 1.54) is 0 Å². The minimum atomic E-state index is -0.811. The van der Waals surface area contributed by atoms with E-state index in [0.29, 0.717) is 6.42 Å². The molecule has 6 nitrogen and oxygen atoms in total. The summed E-state index contributed by atoms with van der Waals surface area (Å²) < 4.78 is 1.76. The molecule has 1 aromatic rings. The normalized spacial score (nSPS) is 22.0. The van der Waals surface area contributed by atoms with Crippen molar-refractivity contribution in [2.75, 3.05) is 0 Å². The van der Waals surface area contributed by atoms with E-state index in [-0.39, 0.29) is 18.4 Å². The number of carboxylic acid groups (broad SMARTS) is 1. The van der Waals surface area contributed by atoms with E-state index in [1.54, 1.807) is 4.68 Å². The van der Waals surface area contributed by atoms with Crippen LogP contribution in [-0.4, -0.2) is 32.8 Å². The van der Waals surface area contributed by atoms with Crippen LogP contribution in [0.15, 0.2) is 0 Å². The lowest BCUT2D eigenvalue weighted by atomic mass is 9.84. The van der Waals surface area contributed by atoms with Crippen LogP contribution in [0.5, 0.6) is 0 Å². The molecule has 0 spiro atoms. The highest BCUT2D eigenvalue weighted by Gasteiger charge is 2.31. The van der Waals surface area contributed by atoms with Crippen molar-refractivity contribution >= 4 is 11.9 Å². The highest BCUT2D eigenvalue weighted by atomic mass is 16.4. The molecule has 1 saturated carbocycles. The van der Waals surface area contributed by atoms with Gasteiger partial charge in [0, 0.05) is 24.3 Å². The molecule has 2 unspecified atom stereocenters. The van der Waals surface area contributed by atoms with Gasteiger partial charge in [-0.15, -0.1) is 0 Å². The molecule has 0 saturated heterocycles. The van der Waals surface area contributed by atoms with E-state index in [9.17, 15) is 14.7 Å². The summed E-state index contributed by atoms with van der Waals surface area (Å²) in [6.07, 6.45) is 3.54. The second-order valence-corrected chi connectivity index (χ2v) is 5.85. The Kier molecular flexibility index (Phi) is 4.65. The highest BCUT2D eigenvalue weighted by molar-refractivity contribution is 5.80. The predicted octanol–water partition coefficient (Wildman–Crippen LogP) is 1.34. The average Bonchev–Trinajstić information content (AvgIpc) is 2.66. The van der Waals surface area contributed by atoms with Gasteiger partial charge < -0.3 is 10.4 Å². The van der Waals surface area contributed by atoms with Crippen molar-refractivity contribution in [3.63, 3.8) is 0 Å². The SMILES string of the molecule is Cc1nn(C)c(C)c1CC(=O)NC1CCCCC1C(=O)O. The molecule has 21 heavy (non-hydrogen) atoms. The lowest BCUT2D eigenvalue weighted by molar-refractivity contribution is -0.144. The summed E-state index contributed by atoms with van der Waals surface area (Å²) in [6, 6.07) is -0.249. The number of rotatable bonds is 4. The molecule has 2 atom stereocenters. The van der Waals surface area contributed by atoms with Gasteiger partial charge in [-0.1, -0.05) is 12.8 Å². The number of aryl methyl sites for hydroxylation is 2. The maximum absolute atomic E-state index is 12.2. The van der Waals surface area contributed by atoms with Crippen LogP contribution in [-0.2, 0) is 23.1 Å². The number of carboxylic acids is 1. The Hall–Kier alpha value is -1.85. The molecule has 1 aromatic heterocycles.